The lowest BCUT2D eigenvalue weighted by Gasteiger charge is -2.18. The second-order valence-electron chi connectivity index (χ2n) is 6.94. The van der Waals surface area contributed by atoms with Crippen LogP contribution < -0.4 is 15.5 Å². The van der Waals surface area contributed by atoms with E-state index >= 15 is 0 Å². The molecule has 8 heteroatoms. The number of nitrogens with zero attached hydrogens (tertiary/aromatic N) is 2. The number of nitrogens with one attached hydrogen (secondary N) is 2. The zero-order chi connectivity index (χ0) is 19.1. The van der Waals surface area contributed by atoms with E-state index in [1.54, 1.807) is 36.5 Å². The molecule has 1 fully saturated rings. The summed E-state index contributed by atoms with van der Waals surface area (Å²) >= 11 is 0. The molecule has 0 aliphatic carbocycles. The summed E-state index contributed by atoms with van der Waals surface area (Å²) < 4.78 is 0. The Morgan fingerprint density at radius 2 is 1.83 bits per heavy atom. The number of anilines is 1. The van der Waals surface area contributed by atoms with Gasteiger partial charge in [-0.1, -0.05) is 12.1 Å². The molecule has 3 rings (SSSR count). The van der Waals surface area contributed by atoms with Crippen molar-refractivity contribution in [3.8, 4) is 0 Å². The number of carbonyl (C=O) groups is 2. The first-order valence-corrected chi connectivity index (χ1v) is 9.38. The van der Waals surface area contributed by atoms with Crippen molar-refractivity contribution in [1.82, 2.24) is 15.6 Å². The van der Waals surface area contributed by atoms with Crippen LogP contribution in [-0.4, -0.2) is 36.9 Å². The summed E-state index contributed by atoms with van der Waals surface area (Å²) in [6.45, 7) is 2.60. The van der Waals surface area contributed by atoms with E-state index in [-0.39, 0.29) is 36.6 Å². The Hall–Kier alpha value is -2.15. The summed E-state index contributed by atoms with van der Waals surface area (Å²) in [6, 6.07) is 11.1. The average Bonchev–Trinajstić information content (AvgIpc) is 3.24. The number of carbonyl (C=O) groups excluding carboxylic acids is 2. The molecule has 6 nitrogen and oxygen atoms in total. The molecule has 0 bridgehead atoms. The predicted molar refractivity (Wildman–Crippen MR) is 120 cm³/mol. The summed E-state index contributed by atoms with van der Waals surface area (Å²) in [5.41, 5.74) is 2.42. The molecule has 0 saturated carbocycles. The van der Waals surface area contributed by atoms with E-state index in [1.807, 2.05) is 24.3 Å². The van der Waals surface area contributed by atoms with E-state index in [2.05, 4.69) is 15.6 Å². The third-order valence-electron chi connectivity index (χ3n) is 4.99. The van der Waals surface area contributed by atoms with Crippen LogP contribution in [0, 0.1) is 5.92 Å². The molecular weight excluding hydrogens is 411 g/mol. The van der Waals surface area contributed by atoms with Crippen LogP contribution in [-0.2, 0) is 11.3 Å². The summed E-state index contributed by atoms with van der Waals surface area (Å²) in [7, 11) is 1.75. The number of hydrogen-bond acceptors (Lipinski definition) is 4. The summed E-state index contributed by atoms with van der Waals surface area (Å²) in [6.07, 6.45) is 5.90. The summed E-state index contributed by atoms with van der Waals surface area (Å²) in [5.74, 6) is 0.638. The number of rotatable bonds is 7. The molecule has 0 radical (unpaired) electrons. The normalized spacial score (nSPS) is 15.0. The van der Waals surface area contributed by atoms with Crippen molar-refractivity contribution < 1.29 is 9.59 Å². The second-order valence-corrected chi connectivity index (χ2v) is 6.94. The molecule has 2 aromatic rings. The minimum absolute atomic E-state index is 0. The molecule has 1 aromatic heterocycles. The van der Waals surface area contributed by atoms with Gasteiger partial charge in [-0.2, -0.15) is 0 Å². The molecule has 2 heterocycles. The second kappa shape index (κ2) is 12.4. The highest BCUT2D eigenvalue weighted by Crippen LogP contribution is 2.17. The number of pyridine rings is 1. The van der Waals surface area contributed by atoms with Gasteiger partial charge in [0, 0.05) is 43.7 Å². The Bertz CT molecular complexity index is 766. The molecule has 1 atom stereocenters. The topological polar surface area (TPSA) is 74.3 Å². The molecule has 158 valence electrons. The van der Waals surface area contributed by atoms with Crippen LogP contribution in [0.5, 0.6) is 0 Å². The Balaban J connectivity index is 0.00000210. The largest absolute Gasteiger partial charge is 0.352 e. The van der Waals surface area contributed by atoms with Crippen molar-refractivity contribution in [3.63, 3.8) is 0 Å². The van der Waals surface area contributed by atoms with Gasteiger partial charge in [0.25, 0.3) is 5.91 Å². The fourth-order valence-corrected chi connectivity index (χ4v) is 3.23. The molecule has 1 aliphatic heterocycles. The minimum Gasteiger partial charge on any atom is -0.352 e. The van der Waals surface area contributed by atoms with Crippen LogP contribution in [0.15, 0.2) is 48.8 Å². The van der Waals surface area contributed by atoms with E-state index in [4.69, 9.17) is 0 Å². The van der Waals surface area contributed by atoms with Crippen LogP contribution in [0.2, 0.25) is 0 Å². The molecule has 1 saturated heterocycles. The first-order chi connectivity index (χ1) is 13.1. The highest BCUT2D eigenvalue weighted by molar-refractivity contribution is 6.05. The van der Waals surface area contributed by atoms with Gasteiger partial charge >= 0.3 is 0 Å². The summed E-state index contributed by atoms with van der Waals surface area (Å²) in [4.78, 5) is 30.0. The Morgan fingerprint density at radius 3 is 2.45 bits per heavy atom. The van der Waals surface area contributed by atoms with Crippen LogP contribution in [0.4, 0.5) is 5.69 Å². The van der Waals surface area contributed by atoms with Crippen LogP contribution in [0.1, 0.15) is 35.2 Å². The van der Waals surface area contributed by atoms with Gasteiger partial charge in [-0.05, 0) is 61.7 Å². The van der Waals surface area contributed by atoms with Crippen molar-refractivity contribution >= 4 is 42.3 Å². The Morgan fingerprint density at radius 1 is 1.14 bits per heavy atom. The van der Waals surface area contributed by atoms with Crippen molar-refractivity contribution in [2.45, 2.75) is 25.8 Å². The molecule has 1 unspecified atom stereocenters. The SMILES string of the molecule is CN(C(=O)c1ccncc1)c1ccc(CNC(=O)CCC2CCNC2)cc1.Cl.Cl. The third-order valence-corrected chi connectivity index (χ3v) is 4.99. The lowest BCUT2D eigenvalue weighted by Crippen LogP contribution is -2.26. The Labute approximate surface area is 184 Å². The highest BCUT2D eigenvalue weighted by atomic mass is 35.5. The zero-order valence-electron chi connectivity index (χ0n) is 16.5. The van der Waals surface area contributed by atoms with Crippen molar-refractivity contribution in [2.24, 2.45) is 5.92 Å². The van der Waals surface area contributed by atoms with Gasteiger partial charge in [0.05, 0.1) is 0 Å². The van der Waals surface area contributed by atoms with Crippen molar-refractivity contribution in [3.05, 3.63) is 59.9 Å². The smallest absolute Gasteiger partial charge is 0.258 e. The minimum atomic E-state index is -0.0835. The number of halogens is 2. The van der Waals surface area contributed by atoms with E-state index in [1.165, 1.54) is 6.42 Å². The van der Waals surface area contributed by atoms with E-state index < -0.39 is 0 Å². The predicted octanol–water partition coefficient (Wildman–Crippen LogP) is 3.21. The maximum absolute atomic E-state index is 12.5. The molecular formula is C21H28Cl2N4O2. The first-order valence-electron chi connectivity index (χ1n) is 9.38. The van der Waals surface area contributed by atoms with Crippen LogP contribution >= 0.6 is 24.8 Å². The fourth-order valence-electron chi connectivity index (χ4n) is 3.23. The van der Waals surface area contributed by atoms with Gasteiger partial charge in [-0.3, -0.25) is 14.6 Å². The van der Waals surface area contributed by atoms with Gasteiger partial charge in [-0.15, -0.1) is 24.8 Å². The van der Waals surface area contributed by atoms with Gasteiger partial charge < -0.3 is 15.5 Å². The van der Waals surface area contributed by atoms with E-state index in [9.17, 15) is 9.59 Å². The highest BCUT2D eigenvalue weighted by Gasteiger charge is 2.16. The van der Waals surface area contributed by atoms with E-state index in [0.29, 0.717) is 24.4 Å². The van der Waals surface area contributed by atoms with Crippen LogP contribution in [0.25, 0.3) is 0 Å². The molecule has 1 aliphatic rings. The molecule has 2 amide bonds. The van der Waals surface area contributed by atoms with Gasteiger partial charge in [0.2, 0.25) is 5.91 Å². The van der Waals surface area contributed by atoms with Crippen molar-refractivity contribution in [1.29, 1.82) is 0 Å². The third kappa shape index (κ3) is 7.31. The Kier molecular flexibility index (Phi) is 10.7. The van der Waals surface area contributed by atoms with Gasteiger partial charge in [0.1, 0.15) is 0 Å². The van der Waals surface area contributed by atoms with E-state index in [0.717, 1.165) is 30.8 Å². The fraction of sp³-hybridized carbons (Fsp3) is 0.381. The lowest BCUT2D eigenvalue weighted by molar-refractivity contribution is -0.121. The van der Waals surface area contributed by atoms with Gasteiger partial charge in [0.15, 0.2) is 0 Å². The maximum Gasteiger partial charge on any atom is 0.258 e. The molecule has 1 aromatic carbocycles. The quantitative estimate of drug-likeness (QED) is 0.695. The standard InChI is InChI=1S/C21H26N4O2.2ClH/c1-25(21(27)18-9-12-22-13-10-18)19-5-2-16(3-6-19)15-24-20(26)7-4-17-8-11-23-14-17;;/h2-3,5-6,9-10,12-13,17,23H,4,7-8,11,14-15H2,1H3,(H,24,26);2*1H. The number of hydrogen-bond donors (Lipinski definition) is 2. The zero-order valence-corrected chi connectivity index (χ0v) is 18.1. The summed E-state index contributed by atoms with van der Waals surface area (Å²) in [5, 5.41) is 6.30. The lowest BCUT2D eigenvalue weighted by atomic mass is 10.0. The number of aromatic nitrogens is 1. The monoisotopic (exact) mass is 438 g/mol. The van der Waals surface area contributed by atoms with Crippen LogP contribution in [0.3, 0.4) is 0 Å². The molecule has 0 spiro atoms. The first kappa shape index (κ1) is 24.9. The number of benzene rings is 1. The number of amides is 2. The molecule has 2 N–H and O–H groups in total. The van der Waals surface area contributed by atoms with Crippen molar-refractivity contribution in [2.75, 3.05) is 25.0 Å². The molecule has 29 heavy (non-hydrogen) atoms. The average molecular weight is 439 g/mol. The van der Waals surface area contributed by atoms with Gasteiger partial charge in [-0.25, -0.2) is 0 Å². The maximum atomic E-state index is 12.5.